The summed E-state index contributed by atoms with van der Waals surface area (Å²) in [6.07, 6.45) is 11.3. The van der Waals surface area contributed by atoms with Crippen LogP contribution in [0.5, 0.6) is 0 Å². The van der Waals surface area contributed by atoms with Crippen LogP contribution in [0.2, 0.25) is 0 Å². The van der Waals surface area contributed by atoms with Gasteiger partial charge in [-0.25, -0.2) is 0 Å². The Morgan fingerprint density at radius 2 is 1.32 bits per heavy atom. The smallest absolute Gasteiger partial charge is 0.313 e. The van der Waals surface area contributed by atoms with E-state index in [2.05, 4.69) is 67.3 Å². The van der Waals surface area contributed by atoms with E-state index in [9.17, 15) is 4.79 Å². The van der Waals surface area contributed by atoms with E-state index in [-0.39, 0.29) is 11.1 Å². The molecular weight excluding hydrogens is 363 g/mol. The van der Waals surface area contributed by atoms with E-state index in [4.69, 9.17) is 4.74 Å². The summed E-state index contributed by atoms with van der Waals surface area (Å²) in [5.41, 5.74) is 0.779. The summed E-state index contributed by atoms with van der Waals surface area (Å²) in [5.74, 6) is 0.0257. The van der Waals surface area contributed by atoms with E-state index < -0.39 is 5.41 Å². The quantitative estimate of drug-likeness (QED) is 0.170. The number of unbranched alkanes of at least 4 members (excludes halogenated alkanes) is 4. The van der Waals surface area contributed by atoms with Crippen LogP contribution in [0.1, 0.15) is 104 Å². The Kier molecular flexibility index (Phi) is 12.0. The Morgan fingerprint density at radius 3 is 1.82 bits per heavy atom. The van der Waals surface area contributed by atoms with Crippen molar-refractivity contribution >= 4 is 15.2 Å². The molecule has 1 aromatic rings. The highest BCUT2D eigenvalue weighted by atomic mass is 31.0. The average molecular weight is 407 g/mol. The van der Waals surface area contributed by atoms with Crippen molar-refractivity contribution in [3.8, 4) is 0 Å². The first kappa shape index (κ1) is 25.2. The molecule has 0 radical (unpaired) electrons. The second kappa shape index (κ2) is 13.4. The van der Waals surface area contributed by atoms with Gasteiger partial charge in [0.05, 0.1) is 12.0 Å². The van der Waals surface area contributed by atoms with Crippen LogP contribution >= 0.6 is 9.24 Å². The lowest BCUT2D eigenvalue weighted by molar-refractivity contribution is -0.160. The van der Waals surface area contributed by atoms with Gasteiger partial charge < -0.3 is 4.74 Å². The molecule has 0 amide bonds. The molecule has 0 aliphatic heterocycles. The first-order valence-electron chi connectivity index (χ1n) is 11.5. The zero-order valence-corrected chi connectivity index (χ0v) is 19.9. The molecule has 2 nitrogen and oxygen atoms in total. The second-order valence-electron chi connectivity index (χ2n) is 8.22. The molecule has 1 rings (SSSR count). The summed E-state index contributed by atoms with van der Waals surface area (Å²) < 4.78 is 5.94. The number of hydrogen-bond acceptors (Lipinski definition) is 2. The number of rotatable bonds is 15. The van der Waals surface area contributed by atoms with Gasteiger partial charge in [0.1, 0.15) is 0 Å². The maximum atomic E-state index is 13.7. The summed E-state index contributed by atoms with van der Waals surface area (Å²) in [6.45, 7) is 9.34. The van der Waals surface area contributed by atoms with E-state index in [0.29, 0.717) is 6.61 Å². The van der Waals surface area contributed by atoms with Crippen molar-refractivity contribution in [2.45, 2.75) is 103 Å². The Bertz CT molecular complexity index is 535. The van der Waals surface area contributed by atoms with Crippen molar-refractivity contribution in [2.24, 2.45) is 5.41 Å². The molecule has 2 atom stereocenters. The van der Waals surface area contributed by atoms with Gasteiger partial charge in [-0.3, -0.25) is 4.79 Å². The Hall–Kier alpha value is -0.880. The lowest BCUT2D eigenvalue weighted by Gasteiger charge is -2.48. The van der Waals surface area contributed by atoms with E-state index in [0.717, 1.165) is 70.6 Å². The molecule has 160 valence electrons. The van der Waals surface area contributed by atoms with Crippen LogP contribution in [0.25, 0.3) is 0 Å². The molecule has 0 spiro atoms. The van der Waals surface area contributed by atoms with Crippen LogP contribution in [0.4, 0.5) is 0 Å². The van der Waals surface area contributed by atoms with Crippen molar-refractivity contribution in [3.63, 3.8) is 0 Å². The maximum absolute atomic E-state index is 13.7. The number of benzene rings is 1. The molecule has 0 saturated heterocycles. The Morgan fingerprint density at radius 1 is 0.821 bits per heavy atom. The maximum Gasteiger partial charge on any atom is 0.313 e. The molecular formula is C25H43O2P. The van der Waals surface area contributed by atoms with Gasteiger partial charge >= 0.3 is 5.97 Å². The van der Waals surface area contributed by atoms with Crippen LogP contribution in [0, 0.1) is 5.41 Å². The third-order valence-corrected chi connectivity index (χ3v) is 7.28. The number of carbonyl (C=O) groups excluding carboxylic acids is 1. The van der Waals surface area contributed by atoms with Gasteiger partial charge in [0, 0.05) is 5.16 Å². The third kappa shape index (κ3) is 6.31. The molecule has 2 unspecified atom stereocenters. The van der Waals surface area contributed by atoms with Crippen molar-refractivity contribution in [2.75, 3.05) is 6.61 Å². The lowest BCUT2D eigenvalue weighted by Crippen LogP contribution is -2.48. The summed E-state index contributed by atoms with van der Waals surface area (Å²) in [4.78, 5) is 13.7. The van der Waals surface area contributed by atoms with Crippen molar-refractivity contribution < 1.29 is 9.53 Å². The van der Waals surface area contributed by atoms with E-state index >= 15 is 0 Å². The van der Waals surface area contributed by atoms with Crippen LogP contribution < -0.4 is 0 Å². The molecule has 0 aliphatic rings. The van der Waals surface area contributed by atoms with Gasteiger partial charge in [0.2, 0.25) is 0 Å². The molecule has 0 bridgehead atoms. The molecule has 0 saturated carbocycles. The predicted octanol–water partition coefficient (Wildman–Crippen LogP) is 7.66. The SMILES string of the molecule is CCCCOC(=O)C(CCCC)(CCCC)C(P)(CCCC)c1ccccc1. The molecule has 0 heterocycles. The van der Waals surface area contributed by atoms with E-state index in [1.807, 2.05) is 0 Å². The highest BCUT2D eigenvalue weighted by molar-refractivity contribution is 7.18. The molecule has 1 aromatic carbocycles. The Labute approximate surface area is 176 Å². The molecule has 0 fully saturated rings. The summed E-state index contributed by atoms with van der Waals surface area (Å²) >= 11 is 0. The summed E-state index contributed by atoms with van der Waals surface area (Å²) in [7, 11) is 3.16. The number of ether oxygens (including phenoxy) is 1. The normalized spacial score (nSPS) is 13.9. The number of carbonyl (C=O) groups is 1. The fraction of sp³-hybridized carbons (Fsp3) is 0.720. The van der Waals surface area contributed by atoms with Crippen LogP contribution in [0.3, 0.4) is 0 Å². The van der Waals surface area contributed by atoms with Gasteiger partial charge in [0.15, 0.2) is 0 Å². The molecule has 0 N–H and O–H groups in total. The molecule has 3 heteroatoms. The lowest BCUT2D eigenvalue weighted by atomic mass is 9.63. The minimum Gasteiger partial charge on any atom is -0.465 e. The zero-order chi connectivity index (χ0) is 20.9. The first-order valence-corrected chi connectivity index (χ1v) is 12.1. The van der Waals surface area contributed by atoms with Gasteiger partial charge in [-0.05, 0) is 31.2 Å². The number of esters is 1. The van der Waals surface area contributed by atoms with Crippen molar-refractivity contribution in [1.29, 1.82) is 0 Å². The molecule has 28 heavy (non-hydrogen) atoms. The van der Waals surface area contributed by atoms with Crippen LogP contribution in [-0.4, -0.2) is 12.6 Å². The summed E-state index contributed by atoms with van der Waals surface area (Å²) in [6, 6.07) is 10.7. The fourth-order valence-corrected chi connectivity index (χ4v) is 5.02. The standard InChI is InChI=1S/C25H43O2P/c1-5-9-18-24(19-10-6-2,23(26)27-21-12-8-4)25(28,20-11-7-3)22-16-14-13-15-17-22/h13-17H,5-12,18-21,28H2,1-4H3. The highest BCUT2D eigenvalue weighted by Crippen LogP contribution is 2.57. The van der Waals surface area contributed by atoms with Gasteiger partial charge in [0.25, 0.3) is 0 Å². The predicted molar refractivity (Wildman–Crippen MR) is 125 cm³/mol. The highest BCUT2D eigenvalue weighted by Gasteiger charge is 2.54. The molecule has 0 aliphatic carbocycles. The fourth-order valence-electron chi connectivity index (χ4n) is 4.21. The zero-order valence-electron chi connectivity index (χ0n) is 18.8. The minimum atomic E-state index is -0.478. The van der Waals surface area contributed by atoms with E-state index in [1.54, 1.807) is 0 Å². The first-order chi connectivity index (χ1) is 13.5. The Balaban J connectivity index is 3.47. The van der Waals surface area contributed by atoms with E-state index in [1.165, 1.54) is 5.56 Å². The average Bonchev–Trinajstić information content (AvgIpc) is 2.73. The topological polar surface area (TPSA) is 26.3 Å². The van der Waals surface area contributed by atoms with Crippen molar-refractivity contribution in [3.05, 3.63) is 35.9 Å². The van der Waals surface area contributed by atoms with Gasteiger partial charge in [-0.15, -0.1) is 9.24 Å². The minimum absolute atomic E-state index is 0.0257. The largest absolute Gasteiger partial charge is 0.465 e. The van der Waals surface area contributed by atoms with Crippen LogP contribution in [-0.2, 0) is 14.7 Å². The van der Waals surface area contributed by atoms with Crippen molar-refractivity contribution in [1.82, 2.24) is 0 Å². The monoisotopic (exact) mass is 406 g/mol. The van der Waals surface area contributed by atoms with Crippen LogP contribution in [0.15, 0.2) is 30.3 Å². The second-order valence-corrected chi connectivity index (χ2v) is 9.21. The van der Waals surface area contributed by atoms with Gasteiger partial charge in [-0.1, -0.05) is 103 Å². The summed E-state index contributed by atoms with van der Waals surface area (Å²) in [5, 5.41) is -0.280. The number of hydrogen-bond donors (Lipinski definition) is 0. The third-order valence-electron chi connectivity index (χ3n) is 6.10. The van der Waals surface area contributed by atoms with Gasteiger partial charge in [-0.2, -0.15) is 0 Å². The molecule has 0 aromatic heterocycles.